The average molecular weight is 207 g/mol. The first-order valence-electron chi connectivity index (χ1n) is 4.54. The number of hydrogen-bond donors (Lipinski definition) is 1. The Kier molecular flexibility index (Phi) is 2.51. The minimum absolute atomic E-state index is 0.236. The van der Waals surface area contributed by atoms with Crippen LogP contribution in [0.1, 0.15) is 11.3 Å². The van der Waals surface area contributed by atoms with Gasteiger partial charge in [0, 0.05) is 11.6 Å². The highest BCUT2D eigenvalue weighted by Gasteiger charge is 2.12. The van der Waals surface area contributed by atoms with Crippen molar-refractivity contribution in [1.82, 2.24) is 5.16 Å². The van der Waals surface area contributed by atoms with Gasteiger partial charge in [0.25, 0.3) is 0 Å². The molecule has 4 heteroatoms. The Morgan fingerprint density at radius 3 is 2.87 bits per heavy atom. The van der Waals surface area contributed by atoms with Crippen molar-refractivity contribution in [3.8, 4) is 11.3 Å². The second-order valence-electron chi connectivity index (χ2n) is 3.27. The van der Waals surface area contributed by atoms with Crippen LogP contribution in [0.4, 0.5) is 4.39 Å². The topological polar surface area (TPSA) is 46.3 Å². The van der Waals surface area contributed by atoms with Crippen LogP contribution in [0.5, 0.6) is 0 Å². The third-order valence-corrected chi connectivity index (χ3v) is 2.19. The molecule has 0 saturated heterocycles. The van der Waals surface area contributed by atoms with Crippen LogP contribution in [0, 0.1) is 12.7 Å². The molecule has 1 aromatic heterocycles. The molecule has 78 valence electrons. The third kappa shape index (κ3) is 1.76. The second kappa shape index (κ2) is 3.82. The average Bonchev–Trinajstić information content (AvgIpc) is 2.66. The van der Waals surface area contributed by atoms with Crippen molar-refractivity contribution in [2.75, 3.05) is 0 Å². The molecular weight excluding hydrogens is 197 g/mol. The van der Waals surface area contributed by atoms with Gasteiger partial charge in [0.15, 0.2) is 5.76 Å². The first-order valence-corrected chi connectivity index (χ1v) is 4.54. The van der Waals surface area contributed by atoms with Gasteiger partial charge in [-0.2, -0.15) is 0 Å². The van der Waals surface area contributed by atoms with Crippen molar-refractivity contribution in [3.63, 3.8) is 0 Å². The molecule has 0 fully saturated rings. The predicted molar refractivity (Wildman–Crippen MR) is 52.6 cm³/mol. The minimum Gasteiger partial charge on any atom is -0.388 e. The van der Waals surface area contributed by atoms with E-state index in [9.17, 15) is 4.39 Å². The molecule has 1 N–H and O–H groups in total. The summed E-state index contributed by atoms with van der Waals surface area (Å²) in [6.07, 6.45) is 0. The molecule has 3 nitrogen and oxygen atoms in total. The zero-order chi connectivity index (χ0) is 10.8. The number of aromatic nitrogens is 1. The van der Waals surface area contributed by atoms with E-state index in [2.05, 4.69) is 5.16 Å². The fraction of sp³-hybridized carbons (Fsp3) is 0.182. The fourth-order valence-corrected chi connectivity index (χ4v) is 1.46. The van der Waals surface area contributed by atoms with Crippen LogP contribution < -0.4 is 0 Å². The Labute approximate surface area is 86.1 Å². The number of rotatable bonds is 2. The van der Waals surface area contributed by atoms with Gasteiger partial charge in [-0.3, -0.25) is 0 Å². The molecule has 15 heavy (non-hydrogen) atoms. The zero-order valence-electron chi connectivity index (χ0n) is 8.20. The SMILES string of the molecule is Cc1cccc(F)c1-c1cc(CO)on1. The fourth-order valence-electron chi connectivity index (χ4n) is 1.46. The summed E-state index contributed by atoms with van der Waals surface area (Å²) in [5, 5.41) is 12.5. The zero-order valence-corrected chi connectivity index (χ0v) is 8.20. The smallest absolute Gasteiger partial charge is 0.162 e. The van der Waals surface area contributed by atoms with Crippen LogP contribution in [0.2, 0.25) is 0 Å². The molecule has 0 aliphatic rings. The molecule has 2 aromatic rings. The summed E-state index contributed by atoms with van der Waals surface area (Å²) >= 11 is 0. The van der Waals surface area contributed by atoms with Gasteiger partial charge in [-0.05, 0) is 18.6 Å². The maximum Gasteiger partial charge on any atom is 0.162 e. The summed E-state index contributed by atoms with van der Waals surface area (Å²) in [7, 11) is 0. The number of halogens is 1. The van der Waals surface area contributed by atoms with Crippen LogP contribution in [0.15, 0.2) is 28.8 Å². The Morgan fingerprint density at radius 2 is 2.27 bits per heavy atom. The number of nitrogens with zero attached hydrogens (tertiary/aromatic N) is 1. The molecule has 1 aromatic carbocycles. The molecule has 0 bridgehead atoms. The molecule has 0 radical (unpaired) electrons. The molecule has 0 aliphatic carbocycles. The van der Waals surface area contributed by atoms with E-state index in [1.54, 1.807) is 19.1 Å². The maximum absolute atomic E-state index is 13.5. The van der Waals surface area contributed by atoms with Crippen LogP contribution in [-0.2, 0) is 6.61 Å². The summed E-state index contributed by atoms with van der Waals surface area (Å²) < 4.78 is 18.3. The Hall–Kier alpha value is -1.68. The number of aliphatic hydroxyl groups excluding tert-OH is 1. The molecule has 1 heterocycles. The lowest BCUT2D eigenvalue weighted by atomic mass is 10.1. The van der Waals surface area contributed by atoms with E-state index in [0.29, 0.717) is 17.0 Å². The van der Waals surface area contributed by atoms with E-state index in [1.165, 1.54) is 12.1 Å². The highest BCUT2D eigenvalue weighted by Crippen LogP contribution is 2.25. The largest absolute Gasteiger partial charge is 0.388 e. The van der Waals surface area contributed by atoms with Crippen LogP contribution in [0.3, 0.4) is 0 Å². The van der Waals surface area contributed by atoms with Crippen LogP contribution >= 0.6 is 0 Å². The normalized spacial score (nSPS) is 10.6. The minimum atomic E-state index is -0.340. The van der Waals surface area contributed by atoms with E-state index < -0.39 is 0 Å². The number of aryl methyl sites for hydroxylation is 1. The van der Waals surface area contributed by atoms with Crippen molar-refractivity contribution in [1.29, 1.82) is 0 Å². The summed E-state index contributed by atoms with van der Waals surface area (Å²) in [5.74, 6) is -0.0135. The molecule has 0 aliphatic heterocycles. The number of aliphatic hydroxyl groups is 1. The van der Waals surface area contributed by atoms with Gasteiger partial charge in [-0.25, -0.2) is 4.39 Å². The van der Waals surface area contributed by atoms with Gasteiger partial charge in [0.05, 0.1) is 0 Å². The number of benzene rings is 1. The third-order valence-electron chi connectivity index (χ3n) is 2.19. The van der Waals surface area contributed by atoms with Gasteiger partial charge in [0.1, 0.15) is 18.1 Å². The predicted octanol–water partition coefficient (Wildman–Crippen LogP) is 2.28. The van der Waals surface area contributed by atoms with Crippen molar-refractivity contribution in [2.45, 2.75) is 13.5 Å². The lowest BCUT2D eigenvalue weighted by molar-refractivity contribution is 0.229. The van der Waals surface area contributed by atoms with Crippen LogP contribution in [0.25, 0.3) is 11.3 Å². The monoisotopic (exact) mass is 207 g/mol. The Balaban J connectivity index is 2.53. The molecule has 2 rings (SSSR count). The first-order chi connectivity index (χ1) is 7.22. The summed E-state index contributed by atoms with van der Waals surface area (Å²) in [5.41, 5.74) is 1.61. The lowest BCUT2D eigenvalue weighted by Crippen LogP contribution is -1.88. The van der Waals surface area contributed by atoms with E-state index in [-0.39, 0.29) is 12.4 Å². The molecule has 0 spiro atoms. The highest BCUT2D eigenvalue weighted by molar-refractivity contribution is 5.63. The van der Waals surface area contributed by atoms with Gasteiger partial charge >= 0.3 is 0 Å². The molecule has 0 saturated carbocycles. The van der Waals surface area contributed by atoms with Crippen molar-refractivity contribution < 1.29 is 14.0 Å². The standard InChI is InChI=1S/C11H10FNO2/c1-7-3-2-4-9(12)11(7)10-5-8(6-14)15-13-10/h2-5,14H,6H2,1H3. The quantitative estimate of drug-likeness (QED) is 0.821. The van der Waals surface area contributed by atoms with Crippen molar-refractivity contribution in [3.05, 3.63) is 41.4 Å². The summed E-state index contributed by atoms with van der Waals surface area (Å²) in [6, 6.07) is 6.34. The van der Waals surface area contributed by atoms with Gasteiger partial charge in [-0.15, -0.1) is 0 Å². The van der Waals surface area contributed by atoms with Gasteiger partial charge in [-0.1, -0.05) is 17.3 Å². The highest BCUT2D eigenvalue weighted by atomic mass is 19.1. The van der Waals surface area contributed by atoms with Gasteiger partial charge < -0.3 is 9.63 Å². The van der Waals surface area contributed by atoms with Crippen molar-refractivity contribution in [2.24, 2.45) is 0 Å². The summed E-state index contributed by atoms with van der Waals surface area (Å²) in [6.45, 7) is 1.56. The Bertz CT molecular complexity index is 459. The van der Waals surface area contributed by atoms with E-state index in [0.717, 1.165) is 5.56 Å². The van der Waals surface area contributed by atoms with Crippen LogP contribution in [-0.4, -0.2) is 10.3 Å². The lowest BCUT2D eigenvalue weighted by Gasteiger charge is -2.01. The van der Waals surface area contributed by atoms with E-state index in [4.69, 9.17) is 9.63 Å². The molecular formula is C11H10FNO2. The molecule has 0 unspecified atom stereocenters. The Morgan fingerprint density at radius 1 is 1.47 bits per heavy atom. The van der Waals surface area contributed by atoms with Gasteiger partial charge in [0.2, 0.25) is 0 Å². The maximum atomic E-state index is 13.5. The molecule has 0 atom stereocenters. The number of hydrogen-bond acceptors (Lipinski definition) is 3. The summed E-state index contributed by atoms with van der Waals surface area (Å²) in [4.78, 5) is 0. The molecule has 0 amide bonds. The first kappa shape index (κ1) is 9.86. The second-order valence-corrected chi connectivity index (χ2v) is 3.27. The van der Waals surface area contributed by atoms with E-state index >= 15 is 0 Å². The van der Waals surface area contributed by atoms with Crippen molar-refractivity contribution >= 4 is 0 Å². The van der Waals surface area contributed by atoms with E-state index in [1.807, 2.05) is 0 Å².